The van der Waals surface area contributed by atoms with Gasteiger partial charge in [0.15, 0.2) is 0 Å². The summed E-state index contributed by atoms with van der Waals surface area (Å²) in [5.74, 6) is 0.107. The molecule has 2 fully saturated rings. The fourth-order valence-electron chi connectivity index (χ4n) is 2.33. The molecular formula is C13H23N3O3. The summed E-state index contributed by atoms with van der Waals surface area (Å²) < 4.78 is 0. The molecule has 2 aliphatic rings. The Morgan fingerprint density at radius 2 is 1.89 bits per heavy atom. The number of nitrogens with zero attached hydrogens (tertiary/aromatic N) is 2. The predicted octanol–water partition coefficient (Wildman–Crippen LogP) is -0.397. The van der Waals surface area contributed by atoms with Gasteiger partial charge in [0, 0.05) is 26.2 Å². The van der Waals surface area contributed by atoms with Gasteiger partial charge in [-0.3, -0.25) is 14.5 Å². The molecule has 1 atom stereocenters. The van der Waals surface area contributed by atoms with E-state index in [4.69, 9.17) is 5.11 Å². The quantitative estimate of drug-likeness (QED) is 0.686. The van der Waals surface area contributed by atoms with E-state index in [-0.39, 0.29) is 5.91 Å². The minimum absolute atomic E-state index is 0.128. The maximum Gasteiger partial charge on any atom is 0.320 e. The van der Waals surface area contributed by atoms with Crippen LogP contribution >= 0.6 is 0 Å². The molecule has 19 heavy (non-hydrogen) atoms. The van der Waals surface area contributed by atoms with Gasteiger partial charge in [-0.2, -0.15) is 0 Å². The topological polar surface area (TPSA) is 72.9 Å². The number of hydrogen-bond donors (Lipinski definition) is 2. The van der Waals surface area contributed by atoms with Gasteiger partial charge in [0.25, 0.3) is 0 Å². The van der Waals surface area contributed by atoms with E-state index >= 15 is 0 Å². The molecule has 0 spiro atoms. The first-order valence-corrected chi connectivity index (χ1v) is 7.03. The van der Waals surface area contributed by atoms with E-state index < -0.39 is 12.0 Å². The van der Waals surface area contributed by atoms with E-state index in [1.807, 2.05) is 9.80 Å². The zero-order valence-electron chi connectivity index (χ0n) is 11.5. The van der Waals surface area contributed by atoms with Crippen LogP contribution in [-0.4, -0.2) is 72.1 Å². The Labute approximate surface area is 113 Å². The molecule has 0 aromatic rings. The van der Waals surface area contributed by atoms with Gasteiger partial charge >= 0.3 is 5.97 Å². The average Bonchev–Trinajstić information content (AvgIpc) is 3.22. The molecule has 108 valence electrons. The predicted molar refractivity (Wildman–Crippen MR) is 70.8 cm³/mol. The molecule has 6 nitrogen and oxygen atoms in total. The summed E-state index contributed by atoms with van der Waals surface area (Å²) in [5.41, 5.74) is 0. The minimum atomic E-state index is -0.800. The Morgan fingerprint density at radius 1 is 1.26 bits per heavy atom. The van der Waals surface area contributed by atoms with Gasteiger partial charge in [0.2, 0.25) is 5.91 Å². The number of aliphatic carboxylic acids is 1. The molecule has 2 rings (SSSR count). The second-order valence-electron chi connectivity index (χ2n) is 5.51. The van der Waals surface area contributed by atoms with E-state index in [0.717, 1.165) is 12.5 Å². The van der Waals surface area contributed by atoms with Crippen LogP contribution in [-0.2, 0) is 9.59 Å². The molecule has 0 radical (unpaired) electrons. The highest BCUT2D eigenvalue weighted by Gasteiger charge is 2.27. The van der Waals surface area contributed by atoms with Gasteiger partial charge in [0.1, 0.15) is 6.04 Å². The minimum Gasteiger partial charge on any atom is -0.480 e. The van der Waals surface area contributed by atoms with Gasteiger partial charge in [-0.1, -0.05) is 0 Å². The average molecular weight is 269 g/mol. The van der Waals surface area contributed by atoms with Crippen LogP contribution in [0.2, 0.25) is 0 Å². The number of rotatable bonds is 6. The smallest absolute Gasteiger partial charge is 0.320 e. The highest BCUT2D eigenvalue weighted by molar-refractivity contribution is 5.78. The Bertz CT molecular complexity index is 336. The lowest BCUT2D eigenvalue weighted by atomic mass is 10.2. The summed E-state index contributed by atoms with van der Waals surface area (Å²) in [7, 11) is 0. The molecule has 0 aromatic heterocycles. The van der Waals surface area contributed by atoms with Gasteiger partial charge in [-0.05, 0) is 32.2 Å². The number of carboxylic acids is 1. The molecule has 0 bridgehead atoms. The number of hydrogen-bond acceptors (Lipinski definition) is 4. The molecule has 6 heteroatoms. The summed E-state index contributed by atoms with van der Waals surface area (Å²) >= 11 is 0. The Hall–Kier alpha value is -1.14. The van der Waals surface area contributed by atoms with Crippen LogP contribution in [0.5, 0.6) is 0 Å². The third kappa shape index (κ3) is 4.18. The van der Waals surface area contributed by atoms with E-state index in [0.29, 0.717) is 32.7 Å². The molecule has 1 aliphatic carbocycles. The Morgan fingerprint density at radius 3 is 2.42 bits per heavy atom. The van der Waals surface area contributed by atoms with Gasteiger partial charge < -0.3 is 15.3 Å². The number of amides is 1. The fraction of sp³-hybridized carbons (Fsp3) is 0.846. The Kier molecular flexibility index (Phi) is 4.76. The van der Waals surface area contributed by atoms with Crippen molar-refractivity contribution >= 4 is 11.9 Å². The van der Waals surface area contributed by atoms with E-state index in [1.54, 1.807) is 6.92 Å². The third-order valence-electron chi connectivity index (χ3n) is 3.98. The molecule has 2 N–H and O–H groups in total. The SMILES string of the molecule is CC(C(=O)O)N1CCN(C(=O)CNCC2CC2)CC1. The maximum atomic E-state index is 11.9. The molecule has 1 heterocycles. The fourth-order valence-corrected chi connectivity index (χ4v) is 2.33. The molecule has 0 aromatic carbocycles. The number of carbonyl (C=O) groups excluding carboxylic acids is 1. The second-order valence-corrected chi connectivity index (χ2v) is 5.51. The second kappa shape index (κ2) is 6.34. The van der Waals surface area contributed by atoms with Gasteiger partial charge in [-0.15, -0.1) is 0 Å². The summed E-state index contributed by atoms with van der Waals surface area (Å²) in [6.45, 7) is 5.58. The normalized spacial score (nSPS) is 22.3. The number of piperazine rings is 1. The first-order valence-electron chi connectivity index (χ1n) is 7.03. The van der Waals surface area contributed by atoms with Crippen LogP contribution in [0.25, 0.3) is 0 Å². The lowest BCUT2D eigenvalue weighted by Crippen LogP contribution is -2.54. The summed E-state index contributed by atoms with van der Waals surface area (Å²) in [4.78, 5) is 26.6. The van der Waals surface area contributed by atoms with Crippen molar-refractivity contribution in [3.8, 4) is 0 Å². The number of carbonyl (C=O) groups is 2. The molecular weight excluding hydrogens is 246 g/mol. The van der Waals surface area contributed by atoms with Crippen molar-refractivity contribution in [1.29, 1.82) is 0 Å². The van der Waals surface area contributed by atoms with Crippen molar-refractivity contribution in [3.63, 3.8) is 0 Å². The van der Waals surface area contributed by atoms with Crippen LogP contribution in [0.15, 0.2) is 0 Å². The third-order valence-corrected chi connectivity index (χ3v) is 3.98. The molecule has 1 saturated carbocycles. The van der Waals surface area contributed by atoms with Crippen LogP contribution in [0, 0.1) is 5.92 Å². The maximum absolute atomic E-state index is 11.9. The monoisotopic (exact) mass is 269 g/mol. The zero-order valence-corrected chi connectivity index (χ0v) is 11.5. The first kappa shape index (κ1) is 14.3. The van der Waals surface area contributed by atoms with Gasteiger partial charge in [-0.25, -0.2) is 0 Å². The van der Waals surface area contributed by atoms with E-state index in [1.165, 1.54) is 12.8 Å². The van der Waals surface area contributed by atoms with Crippen LogP contribution in [0.4, 0.5) is 0 Å². The lowest BCUT2D eigenvalue weighted by molar-refractivity contribution is -0.143. The van der Waals surface area contributed by atoms with Crippen molar-refractivity contribution in [3.05, 3.63) is 0 Å². The summed E-state index contributed by atoms with van der Waals surface area (Å²) in [5, 5.41) is 12.1. The van der Waals surface area contributed by atoms with Crippen molar-refractivity contribution in [2.24, 2.45) is 5.92 Å². The van der Waals surface area contributed by atoms with Crippen molar-refractivity contribution < 1.29 is 14.7 Å². The van der Waals surface area contributed by atoms with Crippen LogP contribution in [0.1, 0.15) is 19.8 Å². The Balaban J connectivity index is 1.66. The van der Waals surface area contributed by atoms with Crippen molar-refractivity contribution in [1.82, 2.24) is 15.1 Å². The lowest BCUT2D eigenvalue weighted by Gasteiger charge is -2.36. The molecule has 1 unspecified atom stereocenters. The standard InChI is InChI=1S/C13H23N3O3/c1-10(13(18)19)15-4-6-16(7-5-15)12(17)9-14-8-11-2-3-11/h10-11,14H,2-9H2,1H3,(H,18,19). The number of carboxylic acid groups (broad SMARTS) is 1. The largest absolute Gasteiger partial charge is 0.480 e. The molecule has 1 amide bonds. The van der Waals surface area contributed by atoms with Crippen LogP contribution in [0.3, 0.4) is 0 Å². The summed E-state index contributed by atoms with van der Waals surface area (Å²) in [6, 6.07) is -0.467. The molecule has 1 saturated heterocycles. The molecule has 1 aliphatic heterocycles. The highest BCUT2D eigenvalue weighted by atomic mass is 16.4. The van der Waals surface area contributed by atoms with Crippen molar-refractivity contribution in [2.75, 3.05) is 39.3 Å². The van der Waals surface area contributed by atoms with E-state index in [9.17, 15) is 9.59 Å². The zero-order chi connectivity index (χ0) is 13.8. The van der Waals surface area contributed by atoms with E-state index in [2.05, 4.69) is 5.32 Å². The van der Waals surface area contributed by atoms with Crippen LogP contribution < -0.4 is 5.32 Å². The van der Waals surface area contributed by atoms with Gasteiger partial charge in [0.05, 0.1) is 6.54 Å². The highest BCUT2D eigenvalue weighted by Crippen LogP contribution is 2.27. The first-order chi connectivity index (χ1) is 9.08. The van der Waals surface area contributed by atoms with Crippen molar-refractivity contribution in [2.45, 2.75) is 25.8 Å². The number of nitrogens with one attached hydrogen (secondary N) is 1. The summed E-state index contributed by atoms with van der Waals surface area (Å²) in [6.07, 6.45) is 2.57.